The van der Waals surface area contributed by atoms with E-state index in [0.29, 0.717) is 49.6 Å². The van der Waals surface area contributed by atoms with Crippen molar-refractivity contribution in [3.8, 4) is 23.2 Å². The first-order chi connectivity index (χ1) is 20.4. The number of aliphatic hydroxyl groups excluding tert-OH is 2. The van der Waals surface area contributed by atoms with Crippen molar-refractivity contribution in [3.63, 3.8) is 0 Å². The van der Waals surface area contributed by atoms with Crippen LogP contribution in [-0.2, 0) is 33.6 Å². The van der Waals surface area contributed by atoms with Crippen molar-refractivity contribution in [2.24, 2.45) is 0 Å². The van der Waals surface area contributed by atoms with E-state index in [0.717, 1.165) is 4.57 Å². The van der Waals surface area contributed by atoms with Crippen molar-refractivity contribution in [1.82, 2.24) is 9.47 Å². The number of aromatic nitrogens is 1. The maximum atomic E-state index is 14.1. The van der Waals surface area contributed by atoms with Crippen LogP contribution in [0.25, 0.3) is 5.69 Å². The molecule has 1 aliphatic heterocycles. The lowest BCUT2D eigenvalue weighted by molar-refractivity contribution is 0.0136. The number of rotatable bonds is 9. The topological polar surface area (TPSA) is 145 Å². The fourth-order valence-electron chi connectivity index (χ4n) is 5.70. The number of hydrogen-bond donors (Lipinski definition) is 4. The highest BCUT2D eigenvalue weighted by atomic mass is 32.2. The Morgan fingerprint density at radius 2 is 1.60 bits per heavy atom. The van der Waals surface area contributed by atoms with E-state index < -0.39 is 34.1 Å². The van der Waals surface area contributed by atoms with Crippen LogP contribution in [0.1, 0.15) is 37.5 Å². The average molecular weight is 620 g/mol. The van der Waals surface area contributed by atoms with Gasteiger partial charge in [0.25, 0.3) is 10.1 Å². The second kappa shape index (κ2) is 12.3. The van der Waals surface area contributed by atoms with E-state index in [9.17, 15) is 33.2 Å². The summed E-state index contributed by atoms with van der Waals surface area (Å²) < 4.78 is 53.7. The Labute approximate surface area is 250 Å². The second-order valence-electron chi connectivity index (χ2n) is 11.2. The zero-order chi connectivity index (χ0) is 31.1. The fraction of sp³-hybridized carbons (Fsp3) is 0.467. The molecule has 1 aromatic heterocycles. The van der Waals surface area contributed by atoms with Gasteiger partial charge in [0.1, 0.15) is 23.2 Å². The molecule has 0 saturated carbocycles. The Hall–Kier alpha value is -3.36. The molecule has 1 aliphatic carbocycles. The van der Waals surface area contributed by atoms with Crippen molar-refractivity contribution >= 4 is 15.8 Å². The third kappa shape index (κ3) is 6.18. The number of para-hydroxylation sites is 1. The van der Waals surface area contributed by atoms with E-state index in [1.54, 1.807) is 18.2 Å². The second-order valence-corrected chi connectivity index (χ2v) is 12.8. The Balaban J connectivity index is 1.35. The number of ether oxygens (including phenoxy) is 1. The molecule has 2 aliphatic rings. The molecule has 2 atom stereocenters. The molecule has 5 rings (SSSR count). The van der Waals surface area contributed by atoms with Crippen molar-refractivity contribution in [2.45, 2.75) is 63.2 Å². The molecular weight excluding hydrogens is 581 g/mol. The molecule has 1 fully saturated rings. The van der Waals surface area contributed by atoms with E-state index in [1.807, 2.05) is 30.6 Å². The number of aromatic hydroxyl groups is 2. The molecule has 11 nitrogen and oxygen atoms in total. The minimum absolute atomic E-state index is 0.0481. The van der Waals surface area contributed by atoms with Gasteiger partial charge in [0.2, 0.25) is 11.8 Å². The minimum atomic E-state index is -4.39. The Bertz CT molecular complexity index is 1550. The lowest BCUT2D eigenvalue weighted by Gasteiger charge is -2.36. The first-order valence-corrected chi connectivity index (χ1v) is 15.8. The van der Waals surface area contributed by atoms with Gasteiger partial charge in [-0.25, -0.2) is 8.96 Å². The van der Waals surface area contributed by atoms with Gasteiger partial charge < -0.3 is 30.1 Å². The summed E-state index contributed by atoms with van der Waals surface area (Å²) in [4.78, 5) is 3.58. The van der Waals surface area contributed by atoms with E-state index in [2.05, 4.69) is 0 Å². The van der Waals surface area contributed by atoms with Crippen LogP contribution in [0.15, 0.2) is 41.3 Å². The summed E-state index contributed by atoms with van der Waals surface area (Å²) in [6, 6.07) is 9.01. The zero-order valence-corrected chi connectivity index (χ0v) is 25.2. The molecule has 0 amide bonds. The number of anilines is 1. The fourth-order valence-corrected chi connectivity index (χ4v) is 6.82. The SMILES string of the molecule is CCc1cccc(S(=O)(=O)OCN2CCN(c3cc(F)ccc3OC(C)C)CC2)c1-n1c(O)c2c(c1O)CC(O)C(O)C2. The quantitative estimate of drug-likeness (QED) is 0.264. The maximum Gasteiger partial charge on any atom is 0.300 e. The van der Waals surface area contributed by atoms with Crippen LogP contribution in [0, 0.1) is 5.82 Å². The molecule has 2 aromatic carbocycles. The van der Waals surface area contributed by atoms with Crippen LogP contribution in [0.4, 0.5) is 10.1 Å². The number of nitrogens with zero attached hydrogens (tertiary/aromatic N) is 3. The molecule has 0 spiro atoms. The molecule has 3 aromatic rings. The van der Waals surface area contributed by atoms with Crippen molar-refractivity contribution in [1.29, 1.82) is 0 Å². The molecule has 1 saturated heterocycles. The summed E-state index contributed by atoms with van der Waals surface area (Å²) in [5.41, 5.74) is 1.73. The van der Waals surface area contributed by atoms with Gasteiger partial charge in [-0.05, 0) is 44.0 Å². The van der Waals surface area contributed by atoms with E-state index in [1.165, 1.54) is 18.2 Å². The molecule has 234 valence electrons. The Kier molecular flexibility index (Phi) is 8.91. The van der Waals surface area contributed by atoms with Crippen molar-refractivity contribution in [2.75, 3.05) is 37.8 Å². The molecule has 4 N–H and O–H groups in total. The summed E-state index contributed by atoms with van der Waals surface area (Å²) in [7, 11) is -4.39. The lowest BCUT2D eigenvalue weighted by Crippen LogP contribution is -2.47. The lowest BCUT2D eigenvalue weighted by atomic mass is 9.90. The number of halogens is 1. The number of aliphatic hydroxyl groups is 2. The predicted octanol–water partition coefficient (Wildman–Crippen LogP) is 2.68. The highest BCUT2D eigenvalue weighted by Gasteiger charge is 2.36. The van der Waals surface area contributed by atoms with Gasteiger partial charge in [-0.2, -0.15) is 8.42 Å². The maximum absolute atomic E-state index is 14.1. The van der Waals surface area contributed by atoms with Gasteiger partial charge in [-0.1, -0.05) is 19.1 Å². The summed E-state index contributed by atoms with van der Waals surface area (Å²) in [6.45, 7) is 7.26. The molecule has 2 unspecified atom stereocenters. The number of hydrogen-bond acceptors (Lipinski definition) is 10. The van der Waals surface area contributed by atoms with E-state index in [-0.39, 0.29) is 53.2 Å². The Morgan fingerprint density at radius 1 is 0.977 bits per heavy atom. The third-order valence-corrected chi connectivity index (χ3v) is 9.23. The first kappa shape index (κ1) is 31.1. The highest BCUT2D eigenvalue weighted by Crippen LogP contribution is 2.43. The monoisotopic (exact) mass is 619 g/mol. The molecule has 43 heavy (non-hydrogen) atoms. The van der Waals surface area contributed by atoms with Crippen molar-refractivity contribution < 1.29 is 42.2 Å². The van der Waals surface area contributed by atoms with Gasteiger partial charge in [-0.15, -0.1) is 0 Å². The summed E-state index contributed by atoms with van der Waals surface area (Å²) >= 11 is 0. The minimum Gasteiger partial charge on any atom is -0.494 e. The normalized spacial score (nSPS) is 19.6. The van der Waals surface area contributed by atoms with Crippen LogP contribution in [0.3, 0.4) is 0 Å². The Morgan fingerprint density at radius 3 is 2.19 bits per heavy atom. The number of benzene rings is 2. The zero-order valence-electron chi connectivity index (χ0n) is 24.4. The molecule has 2 heterocycles. The number of piperazine rings is 1. The largest absolute Gasteiger partial charge is 0.494 e. The average Bonchev–Trinajstić information content (AvgIpc) is 3.20. The summed E-state index contributed by atoms with van der Waals surface area (Å²) in [5, 5.41) is 42.5. The van der Waals surface area contributed by atoms with Crippen LogP contribution in [-0.4, -0.2) is 89.5 Å². The smallest absolute Gasteiger partial charge is 0.300 e. The molecule has 0 radical (unpaired) electrons. The van der Waals surface area contributed by atoms with Gasteiger partial charge in [0, 0.05) is 56.2 Å². The van der Waals surface area contributed by atoms with Gasteiger partial charge in [0.15, 0.2) is 0 Å². The summed E-state index contributed by atoms with van der Waals surface area (Å²) in [5.74, 6) is -0.592. The van der Waals surface area contributed by atoms with E-state index in [4.69, 9.17) is 8.92 Å². The van der Waals surface area contributed by atoms with Gasteiger partial charge in [0.05, 0.1) is 29.7 Å². The highest BCUT2D eigenvalue weighted by molar-refractivity contribution is 7.86. The number of aryl methyl sites for hydroxylation is 1. The van der Waals surface area contributed by atoms with Gasteiger partial charge >= 0.3 is 0 Å². The molecule has 13 heteroatoms. The first-order valence-electron chi connectivity index (χ1n) is 14.4. The molecular formula is C30H38FN3O8S. The molecule has 0 bridgehead atoms. The summed E-state index contributed by atoms with van der Waals surface area (Å²) in [6.07, 6.45) is -2.14. The number of fused-ring (bicyclic) bond motifs is 1. The van der Waals surface area contributed by atoms with Crippen molar-refractivity contribution in [3.05, 3.63) is 58.9 Å². The predicted molar refractivity (Wildman–Crippen MR) is 157 cm³/mol. The van der Waals surface area contributed by atoms with Crippen LogP contribution < -0.4 is 9.64 Å². The van der Waals surface area contributed by atoms with E-state index >= 15 is 0 Å². The van der Waals surface area contributed by atoms with Crippen LogP contribution in [0.2, 0.25) is 0 Å². The standard InChI is InChI=1S/C30H38FN3O8S/c1-4-19-6-5-7-27(28(19)34-29(37)21-15-24(35)25(36)16-22(21)30(34)38)43(39,40)41-17-32-10-12-33(13-11-32)23-14-20(31)8-9-26(23)42-18(2)3/h5-9,14,18,24-25,35-38H,4,10-13,15-17H2,1-3H3. The van der Waals surface area contributed by atoms with Crippen LogP contribution >= 0.6 is 0 Å². The third-order valence-electron chi connectivity index (χ3n) is 7.94. The van der Waals surface area contributed by atoms with Crippen LogP contribution in [0.5, 0.6) is 17.5 Å². The van der Waals surface area contributed by atoms with Gasteiger partial charge in [-0.3, -0.25) is 9.08 Å².